The van der Waals surface area contributed by atoms with Crippen molar-refractivity contribution in [2.45, 2.75) is 25.7 Å². The van der Waals surface area contributed by atoms with Crippen molar-refractivity contribution < 1.29 is 4.79 Å². The fourth-order valence-corrected chi connectivity index (χ4v) is 2.25. The number of para-hydroxylation sites is 1. The fraction of sp³-hybridized carbons (Fsp3) is 0.357. The molecule has 4 nitrogen and oxygen atoms in total. The van der Waals surface area contributed by atoms with Gasteiger partial charge in [-0.3, -0.25) is 4.79 Å². The Morgan fingerprint density at radius 1 is 1.28 bits per heavy atom. The number of rotatable bonds is 4. The van der Waals surface area contributed by atoms with Crippen LogP contribution < -0.4 is 0 Å². The van der Waals surface area contributed by atoms with E-state index in [1.54, 1.807) is 10.9 Å². The number of hydrogen-bond donors (Lipinski definition) is 0. The lowest BCUT2D eigenvalue weighted by Gasteiger charge is -2.24. The Labute approximate surface area is 106 Å². The molecule has 1 aromatic heterocycles. The van der Waals surface area contributed by atoms with Gasteiger partial charge in [0.15, 0.2) is 5.78 Å². The predicted molar refractivity (Wildman–Crippen MR) is 67.6 cm³/mol. The van der Waals surface area contributed by atoms with Crippen LogP contribution in [-0.2, 0) is 0 Å². The smallest absolute Gasteiger partial charge is 0.183 e. The molecule has 0 atom stereocenters. The van der Waals surface area contributed by atoms with Crippen LogP contribution in [-0.4, -0.2) is 20.8 Å². The Morgan fingerprint density at radius 2 is 2.06 bits per heavy atom. The molecule has 0 saturated heterocycles. The molecular formula is C14H15N3O. The van der Waals surface area contributed by atoms with Crippen LogP contribution in [0.1, 0.15) is 36.2 Å². The van der Waals surface area contributed by atoms with Gasteiger partial charge in [-0.2, -0.15) is 0 Å². The summed E-state index contributed by atoms with van der Waals surface area (Å²) in [4.78, 5) is 12.2. The molecule has 92 valence electrons. The summed E-state index contributed by atoms with van der Waals surface area (Å²) in [7, 11) is 0. The summed E-state index contributed by atoms with van der Waals surface area (Å²) in [6.07, 6.45) is 5.81. The van der Waals surface area contributed by atoms with Gasteiger partial charge in [0.25, 0.3) is 0 Å². The molecule has 3 rings (SSSR count). The van der Waals surface area contributed by atoms with Gasteiger partial charge in [0.05, 0.1) is 11.9 Å². The maximum absolute atomic E-state index is 12.2. The lowest BCUT2D eigenvalue weighted by atomic mass is 9.81. The Kier molecular flexibility index (Phi) is 2.92. The number of Topliss-reactive ketones (excluding diaryl/α,β-unsaturated/α-hetero) is 1. The van der Waals surface area contributed by atoms with E-state index in [0.29, 0.717) is 18.0 Å². The van der Waals surface area contributed by atoms with Crippen molar-refractivity contribution in [1.29, 1.82) is 0 Å². The number of carbonyl (C=O) groups is 1. The maximum Gasteiger partial charge on any atom is 0.183 e. The van der Waals surface area contributed by atoms with E-state index in [1.807, 2.05) is 30.3 Å². The minimum absolute atomic E-state index is 0.147. The molecule has 1 fully saturated rings. The standard InChI is InChI=1S/C14H15N3O/c18-14(9-11-5-4-6-11)13-10-15-16-17(13)12-7-2-1-3-8-12/h1-3,7-8,10-11H,4-6,9H2. The lowest BCUT2D eigenvalue weighted by molar-refractivity contribution is 0.0929. The van der Waals surface area contributed by atoms with E-state index < -0.39 is 0 Å². The highest BCUT2D eigenvalue weighted by Gasteiger charge is 2.23. The third-order valence-corrected chi connectivity index (χ3v) is 3.53. The van der Waals surface area contributed by atoms with Crippen molar-refractivity contribution in [3.63, 3.8) is 0 Å². The van der Waals surface area contributed by atoms with Crippen molar-refractivity contribution in [2.24, 2.45) is 5.92 Å². The topological polar surface area (TPSA) is 47.8 Å². The van der Waals surface area contributed by atoms with Gasteiger partial charge >= 0.3 is 0 Å². The quantitative estimate of drug-likeness (QED) is 0.773. The SMILES string of the molecule is O=C(CC1CCC1)c1cnnn1-c1ccccc1. The number of nitrogens with zero attached hydrogens (tertiary/aromatic N) is 3. The molecule has 0 radical (unpaired) electrons. The zero-order chi connectivity index (χ0) is 12.4. The van der Waals surface area contributed by atoms with E-state index in [1.165, 1.54) is 19.3 Å². The van der Waals surface area contributed by atoms with Gasteiger partial charge in [0.2, 0.25) is 0 Å². The van der Waals surface area contributed by atoms with Crippen LogP contribution >= 0.6 is 0 Å². The van der Waals surface area contributed by atoms with E-state index in [4.69, 9.17) is 0 Å². The van der Waals surface area contributed by atoms with Crippen molar-refractivity contribution >= 4 is 5.78 Å². The van der Waals surface area contributed by atoms with Crippen molar-refractivity contribution in [2.75, 3.05) is 0 Å². The highest BCUT2D eigenvalue weighted by Crippen LogP contribution is 2.30. The number of ketones is 1. The molecular weight excluding hydrogens is 226 g/mol. The normalized spacial score (nSPS) is 15.3. The number of hydrogen-bond acceptors (Lipinski definition) is 3. The van der Waals surface area contributed by atoms with Crippen molar-refractivity contribution in [3.05, 3.63) is 42.2 Å². The summed E-state index contributed by atoms with van der Waals surface area (Å²) in [5, 5.41) is 7.87. The molecule has 18 heavy (non-hydrogen) atoms. The molecule has 0 N–H and O–H groups in total. The van der Waals surface area contributed by atoms with Crippen LogP contribution in [0.5, 0.6) is 0 Å². The number of benzene rings is 1. The van der Waals surface area contributed by atoms with Crippen LogP contribution in [0.25, 0.3) is 5.69 Å². The second-order valence-corrected chi connectivity index (χ2v) is 4.79. The van der Waals surface area contributed by atoms with Crippen LogP contribution in [0.15, 0.2) is 36.5 Å². The summed E-state index contributed by atoms with van der Waals surface area (Å²) in [6.45, 7) is 0. The molecule has 1 aromatic carbocycles. The fourth-order valence-electron chi connectivity index (χ4n) is 2.25. The second kappa shape index (κ2) is 4.72. The first kappa shape index (κ1) is 11.1. The van der Waals surface area contributed by atoms with Crippen LogP contribution in [0, 0.1) is 5.92 Å². The zero-order valence-electron chi connectivity index (χ0n) is 10.1. The Bertz CT molecular complexity index is 543. The monoisotopic (exact) mass is 241 g/mol. The molecule has 1 aliphatic rings. The lowest BCUT2D eigenvalue weighted by Crippen LogP contribution is -2.18. The molecule has 0 amide bonds. The van der Waals surface area contributed by atoms with Gasteiger partial charge in [0, 0.05) is 6.42 Å². The first-order chi connectivity index (χ1) is 8.84. The summed E-state index contributed by atoms with van der Waals surface area (Å²) in [5.74, 6) is 0.713. The van der Waals surface area contributed by atoms with Crippen LogP contribution in [0.4, 0.5) is 0 Å². The molecule has 0 unspecified atom stereocenters. The predicted octanol–water partition coefficient (Wildman–Crippen LogP) is 2.64. The molecule has 1 saturated carbocycles. The third kappa shape index (κ3) is 2.06. The average Bonchev–Trinajstić information content (AvgIpc) is 2.84. The van der Waals surface area contributed by atoms with Gasteiger partial charge in [-0.05, 0) is 18.1 Å². The highest BCUT2D eigenvalue weighted by molar-refractivity contribution is 5.94. The van der Waals surface area contributed by atoms with E-state index >= 15 is 0 Å². The summed E-state index contributed by atoms with van der Waals surface area (Å²) < 4.78 is 1.63. The minimum Gasteiger partial charge on any atom is -0.292 e. The molecule has 1 aliphatic carbocycles. The van der Waals surface area contributed by atoms with Gasteiger partial charge in [-0.1, -0.05) is 42.7 Å². The summed E-state index contributed by atoms with van der Waals surface area (Å²) >= 11 is 0. The van der Waals surface area contributed by atoms with Crippen molar-refractivity contribution in [3.8, 4) is 5.69 Å². The Morgan fingerprint density at radius 3 is 2.72 bits per heavy atom. The van der Waals surface area contributed by atoms with E-state index in [9.17, 15) is 4.79 Å². The first-order valence-electron chi connectivity index (χ1n) is 6.34. The van der Waals surface area contributed by atoms with Crippen LogP contribution in [0.2, 0.25) is 0 Å². The number of aromatic nitrogens is 3. The third-order valence-electron chi connectivity index (χ3n) is 3.53. The second-order valence-electron chi connectivity index (χ2n) is 4.79. The highest BCUT2D eigenvalue weighted by atomic mass is 16.1. The Hall–Kier alpha value is -1.97. The molecule has 4 heteroatoms. The summed E-state index contributed by atoms with van der Waals surface area (Å²) in [6, 6.07) is 9.65. The Balaban J connectivity index is 1.84. The maximum atomic E-state index is 12.2. The van der Waals surface area contributed by atoms with Gasteiger partial charge in [-0.15, -0.1) is 5.10 Å². The largest absolute Gasteiger partial charge is 0.292 e. The first-order valence-corrected chi connectivity index (χ1v) is 6.34. The molecule has 0 bridgehead atoms. The average molecular weight is 241 g/mol. The van der Waals surface area contributed by atoms with E-state index in [-0.39, 0.29) is 5.78 Å². The van der Waals surface area contributed by atoms with E-state index in [0.717, 1.165) is 5.69 Å². The molecule has 2 aromatic rings. The van der Waals surface area contributed by atoms with Gasteiger partial charge in [0.1, 0.15) is 5.69 Å². The van der Waals surface area contributed by atoms with Crippen molar-refractivity contribution in [1.82, 2.24) is 15.0 Å². The molecule has 0 aliphatic heterocycles. The zero-order valence-corrected chi connectivity index (χ0v) is 10.1. The van der Waals surface area contributed by atoms with E-state index in [2.05, 4.69) is 10.3 Å². The molecule has 1 heterocycles. The number of carbonyl (C=O) groups excluding carboxylic acids is 1. The van der Waals surface area contributed by atoms with Crippen LogP contribution in [0.3, 0.4) is 0 Å². The van der Waals surface area contributed by atoms with Gasteiger partial charge in [-0.25, -0.2) is 4.68 Å². The minimum atomic E-state index is 0.147. The molecule has 0 spiro atoms. The summed E-state index contributed by atoms with van der Waals surface area (Å²) in [5.41, 5.74) is 1.47. The van der Waals surface area contributed by atoms with Gasteiger partial charge < -0.3 is 0 Å².